The third kappa shape index (κ3) is 1.29. The molecule has 0 bridgehead atoms. The SMILES string of the molecule is Clc1cc2c(cn1)=CCCC=2. The second kappa shape index (κ2) is 2.67. The zero-order valence-corrected chi connectivity index (χ0v) is 6.80. The summed E-state index contributed by atoms with van der Waals surface area (Å²) in [5.74, 6) is 0. The van der Waals surface area contributed by atoms with Gasteiger partial charge in [-0.2, -0.15) is 0 Å². The molecule has 1 heterocycles. The minimum absolute atomic E-state index is 0.579. The second-order valence-corrected chi connectivity index (χ2v) is 3.01. The van der Waals surface area contributed by atoms with Gasteiger partial charge in [0.25, 0.3) is 0 Å². The van der Waals surface area contributed by atoms with Crippen LogP contribution < -0.4 is 10.4 Å². The summed E-state index contributed by atoms with van der Waals surface area (Å²) >= 11 is 5.73. The van der Waals surface area contributed by atoms with E-state index in [0.29, 0.717) is 5.15 Å². The normalized spacial score (nSPS) is 14.6. The second-order valence-electron chi connectivity index (χ2n) is 2.62. The summed E-state index contributed by atoms with van der Waals surface area (Å²) in [6, 6.07) is 1.91. The number of pyridine rings is 1. The van der Waals surface area contributed by atoms with E-state index < -0.39 is 0 Å². The lowest BCUT2D eigenvalue weighted by Gasteiger charge is -1.98. The van der Waals surface area contributed by atoms with Gasteiger partial charge < -0.3 is 0 Å². The molecule has 0 aliphatic heterocycles. The highest BCUT2D eigenvalue weighted by Gasteiger charge is 1.93. The topological polar surface area (TPSA) is 12.9 Å². The highest BCUT2D eigenvalue weighted by Crippen LogP contribution is 1.98. The first-order valence-corrected chi connectivity index (χ1v) is 4.06. The van der Waals surface area contributed by atoms with E-state index in [2.05, 4.69) is 17.1 Å². The van der Waals surface area contributed by atoms with E-state index >= 15 is 0 Å². The fourth-order valence-corrected chi connectivity index (χ4v) is 1.45. The van der Waals surface area contributed by atoms with Gasteiger partial charge in [0.2, 0.25) is 0 Å². The van der Waals surface area contributed by atoms with Gasteiger partial charge >= 0.3 is 0 Å². The maximum absolute atomic E-state index is 5.73. The van der Waals surface area contributed by atoms with Crippen molar-refractivity contribution in [2.45, 2.75) is 12.8 Å². The van der Waals surface area contributed by atoms with E-state index in [4.69, 9.17) is 11.6 Å². The van der Waals surface area contributed by atoms with Gasteiger partial charge in [0.05, 0.1) is 0 Å². The van der Waals surface area contributed by atoms with Crippen LogP contribution in [0.3, 0.4) is 0 Å². The Balaban J connectivity index is 2.80. The largest absolute Gasteiger partial charge is 0.244 e. The average Bonchev–Trinajstić information content (AvgIpc) is 2.04. The van der Waals surface area contributed by atoms with E-state index in [1.54, 1.807) is 0 Å². The molecular weight excluding hydrogens is 158 g/mol. The Hall–Kier alpha value is -0.820. The molecule has 0 N–H and O–H groups in total. The monoisotopic (exact) mass is 165 g/mol. The van der Waals surface area contributed by atoms with Crippen LogP contribution in [0.4, 0.5) is 0 Å². The van der Waals surface area contributed by atoms with Gasteiger partial charge in [-0.1, -0.05) is 23.8 Å². The fourth-order valence-electron chi connectivity index (χ4n) is 1.28. The molecule has 56 valence electrons. The molecule has 2 heteroatoms. The summed E-state index contributed by atoms with van der Waals surface area (Å²) in [4.78, 5) is 4.01. The molecule has 0 aromatic carbocycles. The Morgan fingerprint density at radius 1 is 1.18 bits per heavy atom. The molecule has 0 fully saturated rings. The first kappa shape index (κ1) is 6.86. The molecule has 0 amide bonds. The van der Waals surface area contributed by atoms with Gasteiger partial charge in [-0.05, 0) is 29.3 Å². The van der Waals surface area contributed by atoms with E-state index in [9.17, 15) is 0 Å². The molecule has 0 radical (unpaired) electrons. The zero-order chi connectivity index (χ0) is 7.68. The van der Waals surface area contributed by atoms with Crippen molar-refractivity contribution in [1.29, 1.82) is 0 Å². The number of hydrogen-bond acceptors (Lipinski definition) is 1. The predicted molar refractivity (Wildman–Crippen MR) is 46.7 cm³/mol. The number of aromatic nitrogens is 1. The summed E-state index contributed by atoms with van der Waals surface area (Å²) in [6.07, 6.45) is 8.46. The summed E-state index contributed by atoms with van der Waals surface area (Å²) in [7, 11) is 0. The molecule has 0 atom stereocenters. The quantitative estimate of drug-likeness (QED) is 0.525. The molecule has 0 spiro atoms. The molecule has 1 aromatic heterocycles. The molecule has 0 saturated heterocycles. The first-order valence-electron chi connectivity index (χ1n) is 3.68. The Labute approximate surface area is 70.0 Å². The number of rotatable bonds is 0. The van der Waals surface area contributed by atoms with Gasteiger partial charge in [0.15, 0.2) is 0 Å². The van der Waals surface area contributed by atoms with Crippen molar-refractivity contribution in [3.63, 3.8) is 0 Å². The number of fused-ring (bicyclic) bond motifs is 1. The lowest BCUT2D eigenvalue weighted by atomic mass is 10.1. The van der Waals surface area contributed by atoms with Gasteiger partial charge in [0.1, 0.15) is 5.15 Å². The molecule has 1 aromatic rings. The van der Waals surface area contributed by atoms with Crippen LogP contribution >= 0.6 is 11.6 Å². The third-order valence-corrected chi connectivity index (χ3v) is 2.04. The average molecular weight is 166 g/mol. The van der Waals surface area contributed by atoms with Crippen LogP contribution in [-0.2, 0) is 0 Å². The Morgan fingerprint density at radius 3 is 2.73 bits per heavy atom. The lowest BCUT2D eigenvalue weighted by molar-refractivity contribution is 1.10. The number of halogens is 1. The van der Waals surface area contributed by atoms with Gasteiger partial charge in [-0.25, -0.2) is 4.98 Å². The fraction of sp³-hybridized carbons (Fsp3) is 0.222. The minimum Gasteiger partial charge on any atom is -0.244 e. The van der Waals surface area contributed by atoms with Crippen molar-refractivity contribution >= 4 is 23.8 Å². The van der Waals surface area contributed by atoms with Crippen molar-refractivity contribution in [3.8, 4) is 0 Å². The Morgan fingerprint density at radius 2 is 1.91 bits per heavy atom. The van der Waals surface area contributed by atoms with Crippen molar-refractivity contribution < 1.29 is 0 Å². The van der Waals surface area contributed by atoms with Crippen molar-refractivity contribution in [3.05, 3.63) is 27.9 Å². The van der Waals surface area contributed by atoms with E-state index in [0.717, 1.165) is 12.8 Å². The predicted octanol–water partition coefficient (Wildman–Crippen LogP) is 1.09. The molecule has 1 aliphatic rings. The van der Waals surface area contributed by atoms with Gasteiger partial charge in [-0.15, -0.1) is 0 Å². The maximum atomic E-state index is 5.73. The van der Waals surface area contributed by atoms with Crippen LogP contribution in [0.1, 0.15) is 12.8 Å². The maximum Gasteiger partial charge on any atom is 0.129 e. The number of nitrogens with zero attached hydrogens (tertiary/aromatic N) is 1. The molecule has 0 unspecified atom stereocenters. The molecule has 2 rings (SSSR count). The van der Waals surface area contributed by atoms with Crippen LogP contribution in [-0.4, -0.2) is 4.98 Å². The van der Waals surface area contributed by atoms with E-state index in [1.807, 2.05) is 12.3 Å². The summed E-state index contributed by atoms with van der Waals surface area (Å²) < 4.78 is 0. The molecule has 1 nitrogen and oxygen atoms in total. The van der Waals surface area contributed by atoms with Crippen molar-refractivity contribution in [2.75, 3.05) is 0 Å². The minimum atomic E-state index is 0.579. The standard InChI is InChI=1S/C9H8ClN/c10-9-5-7-3-1-2-4-8(7)6-11-9/h3-6H,1-2H2. The van der Waals surface area contributed by atoms with Crippen LogP contribution in [0.15, 0.2) is 12.3 Å². The highest BCUT2D eigenvalue weighted by atomic mass is 35.5. The van der Waals surface area contributed by atoms with Crippen LogP contribution in [0.5, 0.6) is 0 Å². The Kier molecular flexibility index (Phi) is 1.66. The van der Waals surface area contributed by atoms with Crippen LogP contribution in [0.25, 0.3) is 12.2 Å². The Bertz CT molecular complexity index is 381. The van der Waals surface area contributed by atoms with Crippen molar-refractivity contribution in [1.82, 2.24) is 4.98 Å². The zero-order valence-electron chi connectivity index (χ0n) is 6.05. The summed E-state index contributed by atoms with van der Waals surface area (Å²) in [5, 5.41) is 3.01. The third-order valence-electron chi connectivity index (χ3n) is 1.83. The lowest BCUT2D eigenvalue weighted by Crippen LogP contribution is -2.26. The van der Waals surface area contributed by atoms with Gasteiger partial charge in [0, 0.05) is 6.20 Å². The molecular formula is C9H8ClN. The summed E-state index contributed by atoms with van der Waals surface area (Å²) in [6.45, 7) is 0. The molecule has 11 heavy (non-hydrogen) atoms. The van der Waals surface area contributed by atoms with E-state index in [1.165, 1.54) is 10.4 Å². The smallest absolute Gasteiger partial charge is 0.129 e. The molecule has 1 aliphatic carbocycles. The molecule has 0 saturated carbocycles. The van der Waals surface area contributed by atoms with Crippen molar-refractivity contribution in [2.24, 2.45) is 0 Å². The first-order chi connectivity index (χ1) is 5.36. The highest BCUT2D eigenvalue weighted by molar-refractivity contribution is 6.29. The van der Waals surface area contributed by atoms with Crippen LogP contribution in [0, 0.1) is 0 Å². The summed E-state index contributed by atoms with van der Waals surface area (Å²) in [5.41, 5.74) is 0. The van der Waals surface area contributed by atoms with E-state index in [-0.39, 0.29) is 0 Å². The van der Waals surface area contributed by atoms with Crippen LogP contribution in [0.2, 0.25) is 5.15 Å². The number of hydrogen-bond donors (Lipinski definition) is 0. The van der Waals surface area contributed by atoms with Gasteiger partial charge in [-0.3, -0.25) is 0 Å².